The molecule has 2 aliphatic heterocycles. The van der Waals surface area contributed by atoms with Crippen molar-refractivity contribution in [2.45, 2.75) is 84.1 Å². The Morgan fingerprint density at radius 3 is 2.37 bits per heavy atom. The third kappa shape index (κ3) is 4.89. The van der Waals surface area contributed by atoms with Crippen LogP contribution in [0.1, 0.15) is 58.5 Å². The average molecular weight is 376 g/mol. The zero-order chi connectivity index (χ0) is 19.8. The number of carbonyl (C=O) groups excluding carboxylic acids is 1. The Morgan fingerprint density at radius 1 is 1.15 bits per heavy atom. The number of hydrogen-bond donors (Lipinski definition) is 2. The Labute approximate surface area is 162 Å². The standard InChI is InChI=1S/C20H33N5O2/c1-13-11-17(22-14(2)21-13)25-9-7-15(8-10-25)23-18(26)24-16-12-19(3,4)27-20(16,5)6/h11,15-16H,7-10,12H2,1-6H3,(H2,23,24,26). The number of rotatable bonds is 3. The molecule has 7 heteroatoms. The Balaban J connectivity index is 1.50. The van der Waals surface area contributed by atoms with Crippen LogP contribution in [0.25, 0.3) is 0 Å². The molecule has 0 aliphatic carbocycles. The van der Waals surface area contributed by atoms with Gasteiger partial charge in [0.25, 0.3) is 0 Å². The van der Waals surface area contributed by atoms with Crippen LogP contribution in [0.3, 0.4) is 0 Å². The number of anilines is 1. The molecule has 7 nitrogen and oxygen atoms in total. The highest BCUT2D eigenvalue weighted by molar-refractivity contribution is 5.74. The zero-order valence-corrected chi connectivity index (χ0v) is 17.4. The van der Waals surface area contributed by atoms with E-state index in [1.54, 1.807) is 0 Å². The lowest BCUT2D eigenvalue weighted by Gasteiger charge is -2.34. The second-order valence-corrected chi connectivity index (χ2v) is 9.02. The summed E-state index contributed by atoms with van der Waals surface area (Å²) in [5.74, 6) is 1.78. The number of hydrogen-bond acceptors (Lipinski definition) is 5. The van der Waals surface area contributed by atoms with Gasteiger partial charge < -0.3 is 20.3 Å². The van der Waals surface area contributed by atoms with E-state index in [4.69, 9.17) is 4.74 Å². The van der Waals surface area contributed by atoms with Gasteiger partial charge in [-0.2, -0.15) is 0 Å². The minimum atomic E-state index is -0.354. The van der Waals surface area contributed by atoms with Crippen LogP contribution in [-0.4, -0.2) is 52.4 Å². The number of aryl methyl sites for hydroxylation is 2. The van der Waals surface area contributed by atoms with Crippen molar-refractivity contribution in [3.05, 3.63) is 17.6 Å². The fourth-order valence-corrected chi connectivity index (χ4v) is 4.28. The normalized spacial score (nSPS) is 24.7. The lowest BCUT2D eigenvalue weighted by molar-refractivity contribution is -0.0691. The van der Waals surface area contributed by atoms with Crippen molar-refractivity contribution >= 4 is 11.8 Å². The predicted octanol–water partition coefficient (Wildman–Crippen LogP) is 2.71. The maximum atomic E-state index is 12.5. The van der Waals surface area contributed by atoms with Crippen LogP contribution in [0.5, 0.6) is 0 Å². The molecule has 1 atom stereocenters. The molecule has 0 radical (unpaired) electrons. The number of nitrogens with one attached hydrogen (secondary N) is 2. The van der Waals surface area contributed by atoms with E-state index in [1.807, 2.05) is 33.8 Å². The Morgan fingerprint density at radius 2 is 1.81 bits per heavy atom. The largest absolute Gasteiger partial charge is 0.367 e. The van der Waals surface area contributed by atoms with Crippen LogP contribution < -0.4 is 15.5 Å². The fraction of sp³-hybridized carbons (Fsp3) is 0.750. The first kappa shape index (κ1) is 19.9. The van der Waals surface area contributed by atoms with Crippen LogP contribution >= 0.6 is 0 Å². The van der Waals surface area contributed by atoms with Gasteiger partial charge in [0, 0.05) is 30.9 Å². The topological polar surface area (TPSA) is 79.4 Å². The summed E-state index contributed by atoms with van der Waals surface area (Å²) in [4.78, 5) is 23.7. The van der Waals surface area contributed by atoms with Crippen molar-refractivity contribution in [1.82, 2.24) is 20.6 Å². The van der Waals surface area contributed by atoms with Crippen molar-refractivity contribution < 1.29 is 9.53 Å². The van der Waals surface area contributed by atoms with Gasteiger partial charge in [-0.25, -0.2) is 14.8 Å². The van der Waals surface area contributed by atoms with Crippen molar-refractivity contribution in [2.75, 3.05) is 18.0 Å². The number of carbonyl (C=O) groups is 1. The van der Waals surface area contributed by atoms with Gasteiger partial charge >= 0.3 is 6.03 Å². The molecule has 150 valence electrons. The van der Waals surface area contributed by atoms with Gasteiger partial charge in [-0.1, -0.05) is 0 Å². The number of ether oxygens (including phenoxy) is 1. The molecule has 3 rings (SSSR count). The summed E-state index contributed by atoms with van der Waals surface area (Å²) in [6, 6.07) is 2.13. The molecule has 1 unspecified atom stereocenters. The molecule has 1 aromatic rings. The van der Waals surface area contributed by atoms with Crippen LogP contribution in [0.2, 0.25) is 0 Å². The van der Waals surface area contributed by atoms with E-state index in [2.05, 4.69) is 39.3 Å². The van der Waals surface area contributed by atoms with E-state index in [0.717, 1.165) is 49.7 Å². The number of nitrogens with zero attached hydrogens (tertiary/aromatic N) is 3. The molecule has 2 N–H and O–H groups in total. The first-order valence-corrected chi connectivity index (χ1v) is 9.88. The smallest absolute Gasteiger partial charge is 0.315 e. The van der Waals surface area contributed by atoms with Crippen LogP contribution in [-0.2, 0) is 4.74 Å². The molecule has 27 heavy (non-hydrogen) atoms. The summed E-state index contributed by atoms with van der Waals surface area (Å²) < 4.78 is 6.06. The van der Waals surface area contributed by atoms with Gasteiger partial charge in [0.2, 0.25) is 0 Å². The van der Waals surface area contributed by atoms with E-state index >= 15 is 0 Å². The number of urea groups is 1. The molecule has 1 aromatic heterocycles. The second kappa shape index (κ2) is 7.26. The van der Waals surface area contributed by atoms with E-state index in [1.165, 1.54) is 0 Å². The minimum Gasteiger partial charge on any atom is -0.367 e. The third-order valence-electron chi connectivity index (χ3n) is 5.49. The van der Waals surface area contributed by atoms with Crippen molar-refractivity contribution in [1.29, 1.82) is 0 Å². The molecule has 2 aliphatic rings. The first-order chi connectivity index (χ1) is 12.5. The van der Waals surface area contributed by atoms with Crippen molar-refractivity contribution in [3.8, 4) is 0 Å². The summed E-state index contributed by atoms with van der Waals surface area (Å²) in [5.41, 5.74) is 0.425. The highest BCUT2D eigenvalue weighted by atomic mass is 16.5. The molecular formula is C20H33N5O2. The lowest BCUT2D eigenvalue weighted by Crippen LogP contribution is -2.53. The lowest BCUT2D eigenvalue weighted by atomic mass is 9.94. The number of amides is 2. The molecule has 2 saturated heterocycles. The second-order valence-electron chi connectivity index (χ2n) is 9.02. The van der Waals surface area contributed by atoms with E-state index in [0.29, 0.717) is 0 Å². The SMILES string of the molecule is Cc1cc(N2CCC(NC(=O)NC3CC(C)(C)OC3(C)C)CC2)nc(C)n1. The Hall–Kier alpha value is -1.89. The quantitative estimate of drug-likeness (QED) is 0.849. The van der Waals surface area contributed by atoms with Gasteiger partial charge in [-0.05, 0) is 60.8 Å². The third-order valence-corrected chi connectivity index (χ3v) is 5.49. The summed E-state index contributed by atoms with van der Waals surface area (Å²) >= 11 is 0. The summed E-state index contributed by atoms with van der Waals surface area (Å²) in [5, 5.41) is 6.26. The van der Waals surface area contributed by atoms with Gasteiger partial charge in [0.15, 0.2) is 0 Å². The molecular weight excluding hydrogens is 342 g/mol. The van der Waals surface area contributed by atoms with Gasteiger partial charge in [0.05, 0.1) is 17.2 Å². The molecule has 2 amide bonds. The molecule has 0 aromatic carbocycles. The number of aromatic nitrogens is 2. The average Bonchev–Trinajstić information content (AvgIpc) is 2.73. The summed E-state index contributed by atoms with van der Waals surface area (Å²) in [6.07, 6.45) is 2.63. The van der Waals surface area contributed by atoms with Crippen LogP contribution in [0.15, 0.2) is 6.07 Å². The van der Waals surface area contributed by atoms with E-state index in [-0.39, 0.29) is 29.3 Å². The monoisotopic (exact) mass is 375 g/mol. The van der Waals surface area contributed by atoms with Crippen LogP contribution in [0.4, 0.5) is 10.6 Å². The summed E-state index contributed by atoms with van der Waals surface area (Å²) in [6.45, 7) is 13.9. The summed E-state index contributed by atoms with van der Waals surface area (Å²) in [7, 11) is 0. The number of piperidine rings is 1. The molecule has 2 fully saturated rings. The first-order valence-electron chi connectivity index (χ1n) is 9.88. The van der Waals surface area contributed by atoms with Gasteiger partial charge in [0.1, 0.15) is 11.6 Å². The van der Waals surface area contributed by atoms with Crippen molar-refractivity contribution in [3.63, 3.8) is 0 Å². The molecule has 3 heterocycles. The maximum Gasteiger partial charge on any atom is 0.315 e. The highest BCUT2D eigenvalue weighted by Gasteiger charge is 2.46. The minimum absolute atomic E-state index is 0.0135. The highest BCUT2D eigenvalue weighted by Crippen LogP contribution is 2.37. The molecule has 0 spiro atoms. The fourth-order valence-electron chi connectivity index (χ4n) is 4.28. The molecule has 0 saturated carbocycles. The van der Waals surface area contributed by atoms with E-state index in [9.17, 15) is 4.79 Å². The van der Waals surface area contributed by atoms with E-state index < -0.39 is 0 Å². The molecule has 0 bridgehead atoms. The van der Waals surface area contributed by atoms with Gasteiger partial charge in [-0.15, -0.1) is 0 Å². The zero-order valence-electron chi connectivity index (χ0n) is 17.4. The maximum absolute atomic E-state index is 12.5. The predicted molar refractivity (Wildman–Crippen MR) is 106 cm³/mol. The van der Waals surface area contributed by atoms with Crippen molar-refractivity contribution in [2.24, 2.45) is 0 Å². The van der Waals surface area contributed by atoms with Gasteiger partial charge in [-0.3, -0.25) is 0 Å². The Bertz CT molecular complexity index is 675. The van der Waals surface area contributed by atoms with Crippen LogP contribution in [0, 0.1) is 13.8 Å². The Kier molecular flexibility index (Phi) is 5.34.